The van der Waals surface area contributed by atoms with Crippen LogP contribution in [0.2, 0.25) is 0 Å². The molecule has 2 heterocycles. The minimum absolute atomic E-state index is 0. The van der Waals surface area contributed by atoms with Gasteiger partial charge in [0, 0.05) is 31.7 Å². The summed E-state index contributed by atoms with van der Waals surface area (Å²) in [6.07, 6.45) is -0.561. The number of aromatic amines is 1. The van der Waals surface area contributed by atoms with Gasteiger partial charge in [0.2, 0.25) is 5.82 Å². The molecule has 0 spiro atoms. The predicted molar refractivity (Wildman–Crippen MR) is 81.6 cm³/mol. The quantitative estimate of drug-likeness (QED) is 0.700. The monoisotopic (exact) mass is 324 g/mol. The van der Waals surface area contributed by atoms with E-state index in [0.717, 1.165) is 0 Å². The summed E-state index contributed by atoms with van der Waals surface area (Å²) in [5.74, 6) is 0.241. The van der Waals surface area contributed by atoms with Gasteiger partial charge in [0.15, 0.2) is 0 Å². The van der Waals surface area contributed by atoms with E-state index >= 15 is 0 Å². The lowest BCUT2D eigenvalue weighted by Crippen LogP contribution is -2.38. The van der Waals surface area contributed by atoms with E-state index in [4.69, 9.17) is 0 Å². The van der Waals surface area contributed by atoms with E-state index in [1.54, 1.807) is 23.1 Å². The average Bonchev–Trinajstić information content (AvgIpc) is 2.95. The normalized spacial score (nSPS) is 18.4. The molecule has 0 aliphatic carbocycles. The highest BCUT2D eigenvalue weighted by molar-refractivity contribution is 6.00. The molecule has 1 unspecified atom stereocenters. The molecular formula is C13H17ClN6O2. The number of hydrogen-bond donors (Lipinski definition) is 3. The Morgan fingerprint density at radius 3 is 2.95 bits per heavy atom. The van der Waals surface area contributed by atoms with Gasteiger partial charge in [0.1, 0.15) is 0 Å². The number of aliphatic hydroxyl groups excluding tert-OH is 1. The molecule has 1 amide bonds. The molecule has 1 saturated heterocycles. The predicted octanol–water partition coefficient (Wildman–Crippen LogP) is -0.305. The Bertz CT molecular complexity index is 621. The van der Waals surface area contributed by atoms with Gasteiger partial charge in [-0.05, 0) is 11.3 Å². The van der Waals surface area contributed by atoms with Crippen LogP contribution in [0.1, 0.15) is 10.4 Å². The van der Waals surface area contributed by atoms with Crippen molar-refractivity contribution in [2.45, 2.75) is 6.10 Å². The van der Waals surface area contributed by atoms with E-state index in [2.05, 4.69) is 25.9 Å². The van der Waals surface area contributed by atoms with Crippen LogP contribution in [-0.4, -0.2) is 68.8 Å². The Kier molecular flexibility index (Phi) is 5.42. The summed E-state index contributed by atoms with van der Waals surface area (Å²) < 4.78 is 0. The molecule has 8 nitrogen and oxygen atoms in total. The van der Waals surface area contributed by atoms with E-state index < -0.39 is 6.10 Å². The minimum atomic E-state index is -0.561. The molecule has 118 valence electrons. The lowest BCUT2D eigenvalue weighted by atomic mass is 10.1. The molecule has 22 heavy (non-hydrogen) atoms. The second kappa shape index (κ2) is 7.30. The number of carbonyl (C=O) groups excluding carboxylic acids is 1. The lowest BCUT2D eigenvalue weighted by Gasteiger charge is -2.22. The van der Waals surface area contributed by atoms with Crippen LogP contribution in [0.25, 0.3) is 11.4 Å². The van der Waals surface area contributed by atoms with E-state index in [0.29, 0.717) is 43.1 Å². The van der Waals surface area contributed by atoms with Crippen molar-refractivity contribution < 1.29 is 9.90 Å². The average molecular weight is 325 g/mol. The van der Waals surface area contributed by atoms with Crippen molar-refractivity contribution in [3.05, 3.63) is 29.8 Å². The molecule has 1 aliphatic rings. The van der Waals surface area contributed by atoms with E-state index in [1.165, 1.54) is 0 Å². The molecule has 0 saturated carbocycles. The van der Waals surface area contributed by atoms with Gasteiger partial charge in [-0.15, -0.1) is 22.6 Å². The van der Waals surface area contributed by atoms with Gasteiger partial charge in [-0.1, -0.05) is 18.2 Å². The Balaban J connectivity index is 0.00000176. The number of halogens is 1. The highest BCUT2D eigenvalue weighted by atomic mass is 35.5. The number of H-pyrrole nitrogens is 1. The van der Waals surface area contributed by atoms with Crippen LogP contribution in [0.5, 0.6) is 0 Å². The van der Waals surface area contributed by atoms with Crippen molar-refractivity contribution in [2.75, 3.05) is 26.2 Å². The number of nitrogens with zero attached hydrogens (tertiary/aromatic N) is 4. The SMILES string of the molecule is Cl.O=C(c1ccccc1-c1nn[nH]n1)N1CCNCC(O)C1. The molecular weight excluding hydrogens is 308 g/mol. The summed E-state index contributed by atoms with van der Waals surface area (Å²) in [6, 6.07) is 7.13. The first kappa shape index (κ1) is 16.3. The first-order valence-corrected chi connectivity index (χ1v) is 6.76. The highest BCUT2D eigenvalue weighted by Crippen LogP contribution is 2.21. The second-order valence-corrected chi connectivity index (χ2v) is 4.89. The van der Waals surface area contributed by atoms with Gasteiger partial charge in [-0.3, -0.25) is 4.79 Å². The number of benzene rings is 1. The summed E-state index contributed by atoms with van der Waals surface area (Å²) in [7, 11) is 0. The Labute approximate surface area is 133 Å². The summed E-state index contributed by atoms with van der Waals surface area (Å²) in [4.78, 5) is 14.4. The zero-order valence-corrected chi connectivity index (χ0v) is 12.6. The molecule has 1 aliphatic heterocycles. The second-order valence-electron chi connectivity index (χ2n) is 4.89. The molecule has 3 rings (SSSR count). The van der Waals surface area contributed by atoms with E-state index in [9.17, 15) is 9.90 Å². The number of rotatable bonds is 2. The Morgan fingerprint density at radius 2 is 2.18 bits per heavy atom. The molecule has 2 aromatic rings. The first-order chi connectivity index (χ1) is 10.3. The number of amides is 1. The van der Waals surface area contributed by atoms with Crippen molar-refractivity contribution in [1.82, 2.24) is 30.8 Å². The Morgan fingerprint density at radius 1 is 1.36 bits per heavy atom. The fraction of sp³-hybridized carbons (Fsp3) is 0.385. The van der Waals surface area contributed by atoms with Crippen LogP contribution in [0.3, 0.4) is 0 Å². The summed E-state index contributed by atoms with van der Waals surface area (Å²) in [6.45, 7) is 2.02. The number of nitrogens with one attached hydrogen (secondary N) is 2. The van der Waals surface area contributed by atoms with Crippen molar-refractivity contribution in [3.63, 3.8) is 0 Å². The molecule has 1 fully saturated rings. The number of β-amino-alcohol motifs (C(OH)–C–C–N with tert-alkyl or cyclic N) is 1. The molecule has 1 aromatic heterocycles. The Hall–Kier alpha value is -2.03. The zero-order valence-electron chi connectivity index (χ0n) is 11.8. The maximum Gasteiger partial charge on any atom is 0.254 e. The van der Waals surface area contributed by atoms with Crippen molar-refractivity contribution in [1.29, 1.82) is 0 Å². The third-order valence-corrected chi connectivity index (χ3v) is 3.40. The van der Waals surface area contributed by atoms with Gasteiger partial charge in [0.05, 0.1) is 11.7 Å². The largest absolute Gasteiger partial charge is 0.390 e. The number of carbonyl (C=O) groups is 1. The standard InChI is InChI=1S/C13H16N6O2.ClH/c20-9-7-14-5-6-19(8-9)13(21)11-4-2-1-3-10(11)12-15-17-18-16-12;/h1-4,9,14,20H,5-8H2,(H,15,16,17,18);1H. The van der Waals surface area contributed by atoms with Gasteiger partial charge in [-0.2, -0.15) is 5.21 Å². The zero-order chi connectivity index (χ0) is 14.7. The number of aromatic nitrogens is 4. The van der Waals surface area contributed by atoms with Crippen LogP contribution in [0.4, 0.5) is 0 Å². The van der Waals surface area contributed by atoms with Gasteiger partial charge < -0.3 is 15.3 Å². The summed E-state index contributed by atoms with van der Waals surface area (Å²) in [5, 5.41) is 26.7. The van der Waals surface area contributed by atoms with E-state index in [1.807, 2.05) is 6.07 Å². The van der Waals surface area contributed by atoms with Gasteiger partial charge >= 0.3 is 0 Å². The molecule has 3 N–H and O–H groups in total. The molecule has 9 heteroatoms. The van der Waals surface area contributed by atoms with E-state index in [-0.39, 0.29) is 18.3 Å². The number of aliphatic hydroxyl groups is 1. The fourth-order valence-corrected chi connectivity index (χ4v) is 2.39. The molecule has 0 bridgehead atoms. The molecule has 1 atom stereocenters. The summed E-state index contributed by atoms with van der Waals surface area (Å²) in [5.41, 5.74) is 1.14. The topological polar surface area (TPSA) is 107 Å². The lowest BCUT2D eigenvalue weighted by molar-refractivity contribution is 0.0673. The van der Waals surface area contributed by atoms with Crippen LogP contribution in [0.15, 0.2) is 24.3 Å². The maximum atomic E-state index is 12.7. The van der Waals surface area contributed by atoms with Crippen LogP contribution in [0, 0.1) is 0 Å². The fourth-order valence-electron chi connectivity index (χ4n) is 2.39. The summed E-state index contributed by atoms with van der Waals surface area (Å²) >= 11 is 0. The van der Waals surface area contributed by atoms with Gasteiger partial charge in [-0.25, -0.2) is 0 Å². The van der Waals surface area contributed by atoms with Crippen molar-refractivity contribution >= 4 is 18.3 Å². The number of tetrazole rings is 1. The van der Waals surface area contributed by atoms with Crippen molar-refractivity contribution in [2.24, 2.45) is 0 Å². The first-order valence-electron chi connectivity index (χ1n) is 6.76. The van der Waals surface area contributed by atoms with Crippen LogP contribution in [-0.2, 0) is 0 Å². The number of hydrogen-bond acceptors (Lipinski definition) is 6. The van der Waals surface area contributed by atoms with Crippen molar-refractivity contribution in [3.8, 4) is 11.4 Å². The smallest absolute Gasteiger partial charge is 0.254 e. The minimum Gasteiger partial charge on any atom is -0.390 e. The highest BCUT2D eigenvalue weighted by Gasteiger charge is 2.24. The third-order valence-electron chi connectivity index (χ3n) is 3.40. The van der Waals surface area contributed by atoms with Gasteiger partial charge in [0.25, 0.3) is 5.91 Å². The molecule has 1 aromatic carbocycles. The van der Waals surface area contributed by atoms with Crippen LogP contribution >= 0.6 is 12.4 Å². The molecule has 0 radical (unpaired) electrons. The van der Waals surface area contributed by atoms with Crippen LogP contribution < -0.4 is 5.32 Å². The third kappa shape index (κ3) is 3.41. The maximum absolute atomic E-state index is 12.7.